The lowest BCUT2D eigenvalue weighted by Crippen LogP contribution is -2.49. The van der Waals surface area contributed by atoms with Crippen LogP contribution in [-0.2, 0) is 14.4 Å². The highest BCUT2D eigenvalue weighted by Gasteiger charge is 2.49. The van der Waals surface area contributed by atoms with Crippen molar-refractivity contribution in [3.63, 3.8) is 0 Å². The lowest BCUT2D eigenvalue weighted by atomic mass is 9.85. The Bertz CT molecular complexity index is 538. The van der Waals surface area contributed by atoms with E-state index in [1.807, 2.05) is 6.92 Å². The lowest BCUT2D eigenvalue weighted by Gasteiger charge is -2.34. The molecule has 0 bridgehead atoms. The minimum absolute atomic E-state index is 0.174. The van der Waals surface area contributed by atoms with Gasteiger partial charge in [-0.25, -0.2) is 9.69 Å². The molecule has 2 rings (SSSR count). The molecule has 23 heavy (non-hydrogen) atoms. The molecule has 5 amide bonds. The van der Waals surface area contributed by atoms with Gasteiger partial charge in [-0.3, -0.25) is 19.3 Å². The Balaban J connectivity index is 2.11. The molecule has 7 nitrogen and oxygen atoms in total. The van der Waals surface area contributed by atoms with Gasteiger partial charge in [0.25, 0.3) is 0 Å². The molecule has 0 unspecified atom stereocenters. The molecule has 1 heterocycles. The number of nitrogens with zero attached hydrogens (tertiary/aromatic N) is 2. The second-order valence-electron chi connectivity index (χ2n) is 7.48. The maximum Gasteiger partial charge on any atom is 0.334 e. The molecule has 1 N–H and O–H groups in total. The molecule has 2 aliphatic rings. The summed E-state index contributed by atoms with van der Waals surface area (Å²) < 4.78 is 0. The first-order chi connectivity index (χ1) is 10.6. The van der Waals surface area contributed by atoms with Gasteiger partial charge in [-0.2, -0.15) is 0 Å². The molecular formula is C16H25N3O4. The third-order valence-corrected chi connectivity index (χ3v) is 4.30. The molecule has 1 saturated carbocycles. The fraction of sp³-hybridized carbons (Fsp3) is 0.750. The van der Waals surface area contributed by atoms with Crippen LogP contribution in [-0.4, -0.2) is 51.7 Å². The van der Waals surface area contributed by atoms with Crippen LogP contribution < -0.4 is 5.32 Å². The van der Waals surface area contributed by atoms with Gasteiger partial charge in [-0.15, -0.1) is 0 Å². The first-order valence-corrected chi connectivity index (χ1v) is 8.12. The molecule has 0 aromatic rings. The van der Waals surface area contributed by atoms with Crippen molar-refractivity contribution in [1.82, 2.24) is 15.1 Å². The number of imide groups is 2. The average Bonchev–Trinajstić information content (AvgIpc) is 2.62. The highest BCUT2D eigenvalue weighted by atomic mass is 16.2. The van der Waals surface area contributed by atoms with Crippen LogP contribution in [0.4, 0.5) is 4.79 Å². The number of carbonyl (C=O) groups excluding carboxylic acids is 4. The molecule has 0 aromatic carbocycles. The molecule has 128 valence electrons. The summed E-state index contributed by atoms with van der Waals surface area (Å²) in [5.41, 5.74) is -0.468. The fourth-order valence-electron chi connectivity index (χ4n) is 3.24. The summed E-state index contributed by atoms with van der Waals surface area (Å²) in [6, 6.07) is -0.911. The monoisotopic (exact) mass is 323 g/mol. The van der Waals surface area contributed by atoms with Crippen molar-refractivity contribution in [2.75, 3.05) is 6.54 Å². The lowest BCUT2D eigenvalue weighted by molar-refractivity contribution is -0.145. The van der Waals surface area contributed by atoms with Crippen molar-refractivity contribution >= 4 is 23.8 Å². The largest absolute Gasteiger partial charge is 0.350 e. The van der Waals surface area contributed by atoms with Gasteiger partial charge in [0.1, 0.15) is 6.54 Å². The van der Waals surface area contributed by atoms with Crippen molar-refractivity contribution in [2.24, 2.45) is 5.92 Å². The number of amides is 5. The van der Waals surface area contributed by atoms with E-state index < -0.39 is 35.8 Å². The summed E-state index contributed by atoms with van der Waals surface area (Å²) in [6.45, 7) is 6.99. The highest BCUT2D eigenvalue weighted by molar-refractivity contribution is 6.45. The normalized spacial score (nSPS) is 26.0. The predicted molar refractivity (Wildman–Crippen MR) is 83.3 cm³/mol. The Labute approximate surface area is 136 Å². The topological polar surface area (TPSA) is 86.8 Å². The number of carbonyl (C=O) groups is 4. The van der Waals surface area contributed by atoms with Crippen LogP contribution in [0.25, 0.3) is 0 Å². The zero-order chi connectivity index (χ0) is 17.4. The van der Waals surface area contributed by atoms with Crippen molar-refractivity contribution in [1.29, 1.82) is 0 Å². The standard InChI is InChI=1S/C16H25N3O4/c1-10-7-5-6-8-11(10)19-14(22)13(21)18(15(19)23)9-12(20)17-16(2,3)4/h10-11H,5-9H2,1-4H3,(H,17,20)/t10-,11-/m0/s1. The van der Waals surface area contributed by atoms with Crippen LogP contribution in [0.15, 0.2) is 0 Å². The number of hydrogen-bond acceptors (Lipinski definition) is 4. The molecule has 1 aliphatic carbocycles. The fourth-order valence-corrected chi connectivity index (χ4v) is 3.24. The van der Waals surface area contributed by atoms with Gasteiger partial charge < -0.3 is 5.32 Å². The van der Waals surface area contributed by atoms with Gasteiger partial charge in [-0.1, -0.05) is 19.8 Å². The molecule has 2 fully saturated rings. The van der Waals surface area contributed by atoms with E-state index in [0.29, 0.717) is 6.42 Å². The summed E-state index contributed by atoms with van der Waals surface area (Å²) in [5, 5.41) is 2.69. The summed E-state index contributed by atoms with van der Waals surface area (Å²) in [7, 11) is 0. The Morgan fingerprint density at radius 2 is 1.74 bits per heavy atom. The molecule has 0 spiro atoms. The minimum atomic E-state index is -0.906. The van der Waals surface area contributed by atoms with Crippen LogP contribution in [0, 0.1) is 5.92 Å². The van der Waals surface area contributed by atoms with E-state index >= 15 is 0 Å². The van der Waals surface area contributed by atoms with Crippen LogP contribution in [0.5, 0.6) is 0 Å². The zero-order valence-corrected chi connectivity index (χ0v) is 14.2. The van der Waals surface area contributed by atoms with Crippen molar-refractivity contribution < 1.29 is 19.2 Å². The zero-order valence-electron chi connectivity index (χ0n) is 14.2. The molecular weight excluding hydrogens is 298 g/mol. The first-order valence-electron chi connectivity index (χ1n) is 8.12. The van der Waals surface area contributed by atoms with Crippen molar-refractivity contribution in [3.8, 4) is 0 Å². The number of hydrogen-bond donors (Lipinski definition) is 1. The van der Waals surface area contributed by atoms with Gasteiger partial charge in [-0.05, 0) is 39.5 Å². The summed E-state index contributed by atoms with van der Waals surface area (Å²) in [4.78, 5) is 50.6. The van der Waals surface area contributed by atoms with Crippen LogP contribution in [0.1, 0.15) is 53.4 Å². The molecule has 0 aromatic heterocycles. The van der Waals surface area contributed by atoms with Gasteiger partial charge in [0, 0.05) is 11.6 Å². The van der Waals surface area contributed by atoms with Crippen LogP contribution in [0.3, 0.4) is 0 Å². The Kier molecular flexibility index (Phi) is 4.77. The quantitative estimate of drug-likeness (QED) is 0.626. The highest BCUT2D eigenvalue weighted by Crippen LogP contribution is 2.31. The van der Waals surface area contributed by atoms with E-state index in [2.05, 4.69) is 5.32 Å². The Morgan fingerprint density at radius 1 is 1.13 bits per heavy atom. The third-order valence-electron chi connectivity index (χ3n) is 4.30. The van der Waals surface area contributed by atoms with E-state index in [4.69, 9.17) is 0 Å². The first kappa shape index (κ1) is 17.4. The van der Waals surface area contributed by atoms with Gasteiger partial charge >= 0.3 is 17.8 Å². The Hall–Kier alpha value is -1.92. The smallest absolute Gasteiger partial charge is 0.334 e. The van der Waals surface area contributed by atoms with Gasteiger partial charge in [0.05, 0.1) is 0 Å². The maximum atomic E-state index is 12.5. The second kappa shape index (κ2) is 6.29. The SMILES string of the molecule is C[C@H]1CCCC[C@@H]1N1C(=O)C(=O)N(CC(=O)NC(C)(C)C)C1=O. The van der Waals surface area contributed by atoms with E-state index in [-0.39, 0.29) is 12.0 Å². The van der Waals surface area contributed by atoms with Crippen LogP contribution in [0.2, 0.25) is 0 Å². The van der Waals surface area contributed by atoms with Crippen molar-refractivity contribution in [2.45, 2.75) is 65.0 Å². The van der Waals surface area contributed by atoms with Crippen LogP contribution >= 0.6 is 0 Å². The molecule has 0 radical (unpaired) electrons. The summed E-state index contributed by atoms with van der Waals surface area (Å²) >= 11 is 0. The van der Waals surface area contributed by atoms with Gasteiger partial charge in [0.2, 0.25) is 5.91 Å². The van der Waals surface area contributed by atoms with E-state index in [9.17, 15) is 19.2 Å². The number of urea groups is 1. The summed E-state index contributed by atoms with van der Waals surface area (Å²) in [6.07, 6.45) is 3.65. The van der Waals surface area contributed by atoms with E-state index in [1.165, 1.54) is 0 Å². The summed E-state index contributed by atoms with van der Waals surface area (Å²) in [5.74, 6) is -1.99. The molecule has 1 saturated heterocycles. The molecule has 7 heteroatoms. The minimum Gasteiger partial charge on any atom is -0.350 e. The predicted octanol–water partition coefficient (Wildman–Crippen LogP) is 1.27. The number of rotatable bonds is 3. The van der Waals surface area contributed by atoms with Gasteiger partial charge in [0.15, 0.2) is 0 Å². The third kappa shape index (κ3) is 3.71. The van der Waals surface area contributed by atoms with E-state index in [1.54, 1.807) is 20.8 Å². The average molecular weight is 323 g/mol. The molecule has 1 aliphatic heterocycles. The Morgan fingerprint density at radius 3 is 2.30 bits per heavy atom. The van der Waals surface area contributed by atoms with Crippen molar-refractivity contribution in [3.05, 3.63) is 0 Å². The molecule has 2 atom stereocenters. The maximum absolute atomic E-state index is 12.5. The number of nitrogens with one attached hydrogen (secondary N) is 1. The van der Waals surface area contributed by atoms with E-state index in [0.717, 1.165) is 29.1 Å². The second-order valence-corrected chi connectivity index (χ2v) is 7.48.